The summed E-state index contributed by atoms with van der Waals surface area (Å²) in [6.07, 6.45) is 3.68. The molecule has 5 nitrogen and oxygen atoms in total. The number of carbonyl (C=O) groups excluding carboxylic acids is 1. The summed E-state index contributed by atoms with van der Waals surface area (Å²) in [6, 6.07) is 13.6. The van der Waals surface area contributed by atoms with Gasteiger partial charge in [0, 0.05) is 12.4 Å². The number of thioether (sulfide) groups is 1. The average molecular weight is 382 g/mol. The predicted octanol–water partition coefficient (Wildman–Crippen LogP) is 4.62. The monoisotopic (exact) mass is 381 g/mol. The minimum Gasteiger partial charge on any atom is -0.492 e. The van der Waals surface area contributed by atoms with Crippen molar-refractivity contribution in [3.63, 3.8) is 0 Å². The van der Waals surface area contributed by atoms with Gasteiger partial charge in [0.15, 0.2) is 5.16 Å². The SMILES string of the molecule is CCOc1ccccc1NC(=O)CSc1nccn1-c1cccc(C)c1C. The van der Waals surface area contributed by atoms with Crippen LogP contribution in [0.1, 0.15) is 18.1 Å². The molecule has 0 bridgehead atoms. The fourth-order valence-corrected chi connectivity index (χ4v) is 3.51. The van der Waals surface area contributed by atoms with Gasteiger partial charge in [-0.15, -0.1) is 0 Å². The predicted molar refractivity (Wildman–Crippen MR) is 110 cm³/mol. The molecule has 0 aliphatic carbocycles. The Kier molecular flexibility index (Phi) is 6.19. The van der Waals surface area contributed by atoms with Gasteiger partial charge in [0.2, 0.25) is 5.91 Å². The molecule has 1 N–H and O–H groups in total. The molecule has 3 rings (SSSR count). The van der Waals surface area contributed by atoms with Crippen molar-refractivity contribution in [3.8, 4) is 11.4 Å². The third-order valence-electron chi connectivity index (χ3n) is 4.24. The van der Waals surface area contributed by atoms with Crippen molar-refractivity contribution in [2.24, 2.45) is 0 Å². The second kappa shape index (κ2) is 8.77. The second-order valence-corrected chi connectivity index (χ2v) is 7.01. The summed E-state index contributed by atoms with van der Waals surface area (Å²) in [5.74, 6) is 0.848. The average Bonchev–Trinajstić information content (AvgIpc) is 3.12. The summed E-state index contributed by atoms with van der Waals surface area (Å²) in [4.78, 5) is 16.8. The zero-order chi connectivity index (χ0) is 19.2. The van der Waals surface area contributed by atoms with Crippen molar-refractivity contribution in [1.29, 1.82) is 0 Å². The molecule has 0 radical (unpaired) electrons. The van der Waals surface area contributed by atoms with E-state index in [-0.39, 0.29) is 11.7 Å². The highest BCUT2D eigenvalue weighted by atomic mass is 32.2. The Labute approximate surface area is 163 Å². The van der Waals surface area contributed by atoms with Crippen LogP contribution in [-0.4, -0.2) is 27.8 Å². The Morgan fingerprint density at radius 2 is 2.00 bits per heavy atom. The minimum absolute atomic E-state index is 0.0948. The third kappa shape index (κ3) is 4.52. The Bertz CT molecular complexity index is 937. The van der Waals surface area contributed by atoms with Crippen LogP contribution in [0.15, 0.2) is 60.0 Å². The van der Waals surface area contributed by atoms with E-state index in [1.54, 1.807) is 6.20 Å². The molecule has 0 spiro atoms. The van der Waals surface area contributed by atoms with Gasteiger partial charge in [-0.2, -0.15) is 0 Å². The molecular weight excluding hydrogens is 358 g/mol. The Morgan fingerprint density at radius 3 is 2.81 bits per heavy atom. The quantitative estimate of drug-likeness (QED) is 0.607. The van der Waals surface area contributed by atoms with Crippen LogP contribution in [0.2, 0.25) is 0 Å². The largest absolute Gasteiger partial charge is 0.492 e. The number of para-hydroxylation sites is 2. The number of hydrogen-bond donors (Lipinski definition) is 1. The number of nitrogens with one attached hydrogen (secondary N) is 1. The number of imidazole rings is 1. The van der Waals surface area contributed by atoms with E-state index in [9.17, 15) is 4.79 Å². The first-order valence-electron chi connectivity index (χ1n) is 8.84. The lowest BCUT2D eigenvalue weighted by molar-refractivity contribution is -0.113. The number of ether oxygens (including phenoxy) is 1. The highest BCUT2D eigenvalue weighted by molar-refractivity contribution is 7.99. The number of hydrogen-bond acceptors (Lipinski definition) is 4. The molecule has 1 aromatic heterocycles. The molecule has 0 saturated carbocycles. The van der Waals surface area contributed by atoms with Gasteiger partial charge in [-0.05, 0) is 50.1 Å². The number of carbonyl (C=O) groups is 1. The lowest BCUT2D eigenvalue weighted by Crippen LogP contribution is -2.15. The number of nitrogens with zero attached hydrogens (tertiary/aromatic N) is 2. The smallest absolute Gasteiger partial charge is 0.234 e. The highest BCUT2D eigenvalue weighted by Gasteiger charge is 2.12. The van der Waals surface area contributed by atoms with Gasteiger partial charge < -0.3 is 10.1 Å². The summed E-state index contributed by atoms with van der Waals surface area (Å²) in [7, 11) is 0. The molecule has 0 aliphatic heterocycles. The fourth-order valence-electron chi connectivity index (χ4n) is 2.74. The van der Waals surface area contributed by atoms with E-state index >= 15 is 0 Å². The summed E-state index contributed by atoms with van der Waals surface area (Å²) < 4.78 is 7.57. The number of aromatic nitrogens is 2. The van der Waals surface area contributed by atoms with Crippen LogP contribution >= 0.6 is 11.8 Å². The summed E-state index contributed by atoms with van der Waals surface area (Å²) in [6.45, 7) is 6.65. The van der Waals surface area contributed by atoms with Gasteiger partial charge in [0.25, 0.3) is 0 Å². The van der Waals surface area contributed by atoms with Crippen molar-refractivity contribution in [2.75, 3.05) is 17.7 Å². The Balaban J connectivity index is 1.69. The lowest BCUT2D eigenvalue weighted by atomic mass is 10.1. The van der Waals surface area contributed by atoms with Gasteiger partial charge in [0.05, 0.1) is 23.7 Å². The standard InChI is InChI=1S/C21H23N3O2S/c1-4-26-19-11-6-5-9-17(19)23-20(25)14-27-21-22-12-13-24(21)18-10-7-8-15(2)16(18)3/h5-13H,4,14H2,1-3H3,(H,23,25). The van der Waals surface area contributed by atoms with Gasteiger partial charge in [0.1, 0.15) is 5.75 Å². The second-order valence-electron chi connectivity index (χ2n) is 6.06. The first-order valence-corrected chi connectivity index (χ1v) is 9.83. The van der Waals surface area contributed by atoms with Crippen LogP contribution in [0.25, 0.3) is 5.69 Å². The van der Waals surface area contributed by atoms with Crippen LogP contribution in [0.5, 0.6) is 5.75 Å². The topological polar surface area (TPSA) is 56.1 Å². The molecule has 0 saturated heterocycles. The Hall–Kier alpha value is -2.73. The summed E-state index contributed by atoms with van der Waals surface area (Å²) in [5.41, 5.74) is 4.19. The Morgan fingerprint density at radius 1 is 1.19 bits per heavy atom. The molecule has 0 aliphatic rings. The van der Waals surface area contributed by atoms with E-state index in [0.717, 1.165) is 10.8 Å². The van der Waals surface area contributed by atoms with Gasteiger partial charge in [-0.25, -0.2) is 4.98 Å². The van der Waals surface area contributed by atoms with E-state index in [4.69, 9.17) is 4.74 Å². The van der Waals surface area contributed by atoms with Gasteiger partial charge in [-0.3, -0.25) is 9.36 Å². The molecule has 0 atom stereocenters. The van der Waals surface area contributed by atoms with E-state index in [1.807, 2.05) is 48.0 Å². The molecule has 1 amide bonds. The van der Waals surface area contributed by atoms with E-state index < -0.39 is 0 Å². The van der Waals surface area contributed by atoms with Crippen LogP contribution in [0, 0.1) is 13.8 Å². The molecular formula is C21H23N3O2S. The van der Waals surface area contributed by atoms with E-state index in [0.29, 0.717) is 18.0 Å². The number of aryl methyl sites for hydroxylation is 1. The van der Waals surface area contributed by atoms with Crippen LogP contribution in [-0.2, 0) is 4.79 Å². The normalized spacial score (nSPS) is 10.6. The maximum atomic E-state index is 12.4. The molecule has 140 valence electrons. The third-order valence-corrected chi connectivity index (χ3v) is 5.20. The van der Waals surface area contributed by atoms with E-state index in [2.05, 4.69) is 36.3 Å². The first kappa shape index (κ1) is 19.0. The minimum atomic E-state index is -0.0948. The molecule has 1 heterocycles. The molecule has 0 fully saturated rings. The fraction of sp³-hybridized carbons (Fsp3) is 0.238. The van der Waals surface area contributed by atoms with Crippen molar-refractivity contribution < 1.29 is 9.53 Å². The van der Waals surface area contributed by atoms with Gasteiger partial charge >= 0.3 is 0 Å². The van der Waals surface area contributed by atoms with Crippen molar-refractivity contribution in [3.05, 3.63) is 66.0 Å². The van der Waals surface area contributed by atoms with Crippen molar-refractivity contribution in [2.45, 2.75) is 25.9 Å². The van der Waals surface area contributed by atoms with E-state index in [1.165, 1.54) is 22.9 Å². The molecule has 27 heavy (non-hydrogen) atoms. The summed E-state index contributed by atoms with van der Waals surface area (Å²) >= 11 is 1.41. The molecule has 3 aromatic rings. The molecule has 0 unspecified atom stereocenters. The summed E-state index contributed by atoms with van der Waals surface area (Å²) in [5, 5.41) is 3.70. The first-order chi connectivity index (χ1) is 13.1. The van der Waals surface area contributed by atoms with Crippen LogP contribution < -0.4 is 10.1 Å². The van der Waals surface area contributed by atoms with Crippen molar-refractivity contribution in [1.82, 2.24) is 9.55 Å². The number of anilines is 1. The lowest BCUT2D eigenvalue weighted by Gasteiger charge is -2.13. The maximum Gasteiger partial charge on any atom is 0.234 e. The van der Waals surface area contributed by atoms with Crippen molar-refractivity contribution >= 4 is 23.4 Å². The number of benzene rings is 2. The van der Waals surface area contributed by atoms with Gasteiger partial charge in [-0.1, -0.05) is 36.0 Å². The number of rotatable bonds is 7. The zero-order valence-corrected chi connectivity index (χ0v) is 16.5. The maximum absolute atomic E-state index is 12.4. The number of amides is 1. The highest BCUT2D eigenvalue weighted by Crippen LogP contribution is 2.26. The zero-order valence-electron chi connectivity index (χ0n) is 15.7. The van der Waals surface area contributed by atoms with Crippen LogP contribution in [0.4, 0.5) is 5.69 Å². The van der Waals surface area contributed by atoms with Crippen LogP contribution in [0.3, 0.4) is 0 Å². The molecule has 2 aromatic carbocycles. The molecule has 6 heteroatoms.